The standard InChI is InChI=1S/C8H14N4/c1-2-12-8(10-5-11-12)7-3-6(7)4-9/h5-7H,2-4,9H2,1H3. The lowest BCUT2D eigenvalue weighted by Crippen LogP contribution is -2.06. The lowest BCUT2D eigenvalue weighted by atomic mass is 10.3. The van der Waals surface area contributed by atoms with Crippen LogP contribution in [-0.4, -0.2) is 21.3 Å². The maximum Gasteiger partial charge on any atom is 0.138 e. The van der Waals surface area contributed by atoms with Crippen molar-refractivity contribution < 1.29 is 0 Å². The van der Waals surface area contributed by atoms with Crippen LogP contribution in [0.15, 0.2) is 6.33 Å². The van der Waals surface area contributed by atoms with Crippen molar-refractivity contribution in [1.82, 2.24) is 14.8 Å². The molecule has 1 heterocycles. The van der Waals surface area contributed by atoms with Crippen molar-refractivity contribution in [3.63, 3.8) is 0 Å². The molecule has 1 aromatic heterocycles. The van der Waals surface area contributed by atoms with Gasteiger partial charge < -0.3 is 5.73 Å². The number of nitrogens with zero attached hydrogens (tertiary/aromatic N) is 3. The van der Waals surface area contributed by atoms with Crippen LogP contribution < -0.4 is 5.73 Å². The van der Waals surface area contributed by atoms with E-state index in [4.69, 9.17) is 5.73 Å². The van der Waals surface area contributed by atoms with Gasteiger partial charge in [0.15, 0.2) is 0 Å². The summed E-state index contributed by atoms with van der Waals surface area (Å²) in [5.41, 5.74) is 5.56. The highest BCUT2D eigenvalue weighted by Gasteiger charge is 2.40. The molecule has 0 aromatic carbocycles. The number of hydrogen-bond donors (Lipinski definition) is 1. The summed E-state index contributed by atoms with van der Waals surface area (Å²) in [6.07, 6.45) is 2.82. The Kier molecular flexibility index (Phi) is 1.84. The summed E-state index contributed by atoms with van der Waals surface area (Å²) in [5, 5.41) is 4.13. The largest absolute Gasteiger partial charge is 0.330 e. The Morgan fingerprint density at radius 1 is 1.75 bits per heavy atom. The van der Waals surface area contributed by atoms with Gasteiger partial charge in [0.2, 0.25) is 0 Å². The molecule has 1 fully saturated rings. The molecule has 0 bridgehead atoms. The SMILES string of the molecule is CCn1ncnc1C1CC1CN. The molecule has 0 saturated heterocycles. The second kappa shape index (κ2) is 2.86. The third-order valence-corrected chi connectivity index (χ3v) is 2.50. The van der Waals surface area contributed by atoms with Crippen molar-refractivity contribution in [2.24, 2.45) is 11.7 Å². The van der Waals surface area contributed by atoms with Crippen LogP contribution >= 0.6 is 0 Å². The monoisotopic (exact) mass is 166 g/mol. The fraction of sp³-hybridized carbons (Fsp3) is 0.750. The summed E-state index contributed by atoms with van der Waals surface area (Å²) in [7, 11) is 0. The van der Waals surface area contributed by atoms with Crippen molar-refractivity contribution >= 4 is 0 Å². The summed E-state index contributed by atoms with van der Waals surface area (Å²) in [4.78, 5) is 4.24. The van der Waals surface area contributed by atoms with Crippen LogP contribution in [0.1, 0.15) is 25.1 Å². The lowest BCUT2D eigenvalue weighted by Gasteiger charge is -2.00. The Morgan fingerprint density at radius 2 is 2.58 bits per heavy atom. The zero-order valence-electron chi connectivity index (χ0n) is 7.27. The minimum atomic E-state index is 0.581. The van der Waals surface area contributed by atoms with E-state index in [2.05, 4.69) is 17.0 Å². The van der Waals surface area contributed by atoms with Gasteiger partial charge in [0.05, 0.1) is 0 Å². The Balaban J connectivity index is 2.13. The third-order valence-electron chi connectivity index (χ3n) is 2.50. The van der Waals surface area contributed by atoms with Crippen LogP contribution in [0.3, 0.4) is 0 Å². The first-order chi connectivity index (χ1) is 5.86. The molecule has 1 aliphatic rings. The van der Waals surface area contributed by atoms with Crippen LogP contribution in [0.2, 0.25) is 0 Å². The van der Waals surface area contributed by atoms with Crippen molar-refractivity contribution in [1.29, 1.82) is 0 Å². The van der Waals surface area contributed by atoms with E-state index in [1.165, 1.54) is 6.42 Å². The Labute approximate surface area is 71.8 Å². The van der Waals surface area contributed by atoms with Crippen molar-refractivity contribution in [3.05, 3.63) is 12.2 Å². The van der Waals surface area contributed by atoms with Crippen molar-refractivity contribution in [2.45, 2.75) is 25.8 Å². The number of aromatic nitrogens is 3. The number of hydrogen-bond acceptors (Lipinski definition) is 3. The molecule has 1 aliphatic carbocycles. The smallest absolute Gasteiger partial charge is 0.138 e. The summed E-state index contributed by atoms with van der Waals surface area (Å²) in [6, 6.07) is 0. The minimum Gasteiger partial charge on any atom is -0.330 e. The van der Waals surface area contributed by atoms with Gasteiger partial charge in [-0.1, -0.05) is 0 Å². The van der Waals surface area contributed by atoms with E-state index < -0.39 is 0 Å². The molecule has 1 aromatic rings. The molecular weight excluding hydrogens is 152 g/mol. The third kappa shape index (κ3) is 1.12. The van der Waals surface area contributed by atoms with Gasteiger partial charge in [-0.3, -0.25) is 4.68 Å². The molecule has 0 amide bonds. The number of nitrogens with two attached hydrogens (primary N) is 1. The molecule has 66 valence electrons. The molecule has 1 saturated carbocycles. The molecule has 4 nitrogen and oxygen atoms in total. The molecule has 0 spiro atoms. The van der Waals surface area contributed by atoms with E-state index in [1.54, 1.807) is 6.33 Å². The fourth-order valence-corrected chi connectivity index (χ4v) is 1.63. The zero-order chi connectivity index (χ0) is 8.55. The van der Waals surface area contributed by atoms with Crippen LogP contribution in [0.4, 0.5) is 0 Å². The summed E-state index contributed by atoms with van der Waals surface area (Å²) in [5.74, 6) is 2.35. The molecule has 2 atom stereocenters. The normalized spacial score (nSPS) is 27.5. The number of rotatable bonds is 3. The average Bonchev–Trinajstić information content (AvgIpc) is 2.74. The summed E-state index contributed by atoms with van der Waals surface area (Å²) >= 11 is 0. The van der Waals surface area contributed by atoms with Crippen LogP contribution in [0, 0.1) is 5.92 Å². The highest BCUT2D eigenvalue weighted by molar-refractivity contribution is 5.09. The Hall–Kier alpha value is -0.900. The predicted molar refractivity (Wildman–Crippen MR) is 45.6 cm³/mol. The van der Waals surface area contributed by atoms with Gasteiger partial charge in [-0.2, -0.15) is 5.10 Å². The van der Waals surface area contributed by atoms with Crippen molar-refractivity contribution in [3.8, 4) is 0 Å². The molecule has 2 rings (SSSR count). The summed E-state index contributed by atoms with van der Waals surface area (Å²) in [6.45, 7) is 3.77. The topological polar surface area (TPSA) is 56.7 Å². The molecule has 12 heavy (non-hydrogen) atoms. The molecule has 4 heteroatoms. The van der Waals surface area contributed by atoms with Crippen LogP contribution in [-0.2, 0) is 6.54 Å². The van der Waals surface area contributed by atoms with Gasteiger partial charge in [-0.15, -0.1) is 0 Å². The molecule has 2 unspecified atom stereocenters. The van der Waals surface area contributed by atoms with Gasteiger partial charge >= 0.3 is 0 Å². The number of aryl methyl sites for hydroxylation is 1. The van der Waals surface area contributed by atoms with Crippen LogP contribution in [0.5, 0.6) is 0 Å². The maximum atomic E-state index is 5.56. The molecule has 2 N–H and O–H groups in total. The van der Waals surface area contributed by atoms with E-state index in [1.807, 2.05) is 4.68 Å². The molecule has 0 aliphatic heterocycles. The highest BCUT2D eigenvalue weighted by atomic mass is 15.3. The Bertz CT molecular complexity index is 268. The van der Waals surface area contributed by atoms with E-state index in [-0.39, 0.29) is 0 Å². The second-order valence-corrected chi connectivity index (χ2v) is 3.27. The van der Waals surface area contributed by atoms with Gasteiger partial charge in [0, 0.05) is 12.5 Å². The molecular formula is C8H14N4. The van der Waals surface area contributed by atoms with E-state index in [0.29, 0.717) is 11.8 Å². The predicted octanol–water partition coefficient (Wildman–Crippen LogP) is 0.360. The molecule has 0 radical (unpaired) electrons. The van der Waals surface area contributed by atoms with Crippen LogP contribution in [0.25, 0.3) is 0 Å². The van der Waals surface area contributed by atoms with E-state index in [9.17, 15) is 0 Å². The quantitative estimate of drug-likeness (QED) is 0.705. The first-order valence-electron chi connectivity index (χ1n) is 4.44. The average molecular weight is 166 g/mol. The lowest BCUT2D eigenvalue weighted by molar-refractivity contribution is 0.605. The Morgan fingerprint density at radius 3 is 3.17 bits per heavy atom. The first kappa shape index (κ1) is 7.73. The van der Waals surface area contributed by atoms with Gasteiger partial charge in [-0.25, -0.2) is 4.98 Å². The second-order valence-electron chi connectivity index (χ2n) is 3.27. The summed E-state index contributed by atoms with van der Waals surface area (Å²) < 4.78 is 1.96. The first-order valence-corrected chi connectivity index (χ1v) is 4.44. The minimum absolute atomic E-state index is 0.581. The van der Waals surface area contributed by atoms with Crippen molar-refractivity contribution in [2.75, 3.05) is 6.54 Å². The van der Waals surface area contributed by atoms with E-state index in [0.717, 1.165) is 18.9 Å². The van der Waals surface area contributed by atoms with E-state index >= 15 is 0 Å². The highest BCUT2D eigenvalue weighted by Crippen LogP contribution is 2.45. The van der Waals surface area contributed by atoms with Gasteiger partial charge in [-0.05, 0) is 25.8 Å². The van der Waals surface area contributed by atoms with Gasteiger partial charge in [0.25, 0.3) is 0 Å². The maximum absolute atomic E-state index is 5.56. The zero-order valence-corrected chi connectivity index (χ0v) is 7.27. The fourth-order valence-electron chi connectivity index (χ4n) is 1.63. The van der Waals surface area contributed by atoms with Gasteiger partial charge in [0.1, 0.15) is 12.2 Å².